The Hall–Kier alpha value is -2.17. The number of amides is 1. The lowest BCUT2D eigenvalue weighted by atomic mass is 10.1. The first-order chi connectivity index (χ1) is 9.49. The van der Waals surface area contributed by atoms with Crippen molar-refractivity contribution in [1.82, 2.24) is 10.3 Å². The second-order valence-corrected chi connectivity index (χ2v) is 4.90. The Bertz CT molecular complexity index is 694. The maximum atomic E-state index is 13.2. The van der Waals surface area contributed by atoms with Crippen molar-refractivity contribution in [1.29, 1.82) is 0 Å². The summed E-state index contributed by atoms with van der Waals surface area (Å²) in [7, 11) is 0. The fraction of sp³-hybridized carbons (Fsp3) is 0.333. The molecule has 2 N–H and O–H groups in total. The molecule has 20 heavy (non-hydrogen) atoms. The topological polar surface area (TPSA) is 62.0 Å². The molecule has 0 aliphatic heterocycles. The summed E-state index contributed by atoms with van der Waals surface area (Å²) in [6.07, 6.45) is 0.948. The Morgan fingerprint density at radius 2 is 2.15 bits per heavy atom. The predicted octanol–water partition coefficient (Wildman–Crippen LogP) is 2.12. The van der Waals surface area contributed by atoms with Gasteiger partial charge in [-0.3, -0.25) is 9.59 Å². The number of aromatic nitrogens is 1. The molecule has 0 fully saturated rings. The highest BCUT2D eigenvalue weighted by Gasteiger charge is 2.11. The Morgan fingerprint density at radius 1 is 1.40 bits per heavy atom. The van der Waals surface area contributed by atoms with Crippen molar-refractivity contribution >= 4 is 16.8 Å². The van der Waals surface area contributed by atoms with Crippen LogP contribution in [0.25, 0.3) is 10.9 Å². The van der Waals surface area contributed by atoms with Crippen molar-refractivity contribution < 1.29 is 9.18 Å². The third-order valence-corrected chi connectivity index (χ3v) is 3.26. The second-order valence-electron chi connectivity index (χ2n) is 4.90. The summed E-state index contributed by atoms with van der Waals surface area (Å²) in [5.74, 6) is -0.565. The standard InChI is InChI=1S/C15H17FN2O2/c1-3-9(2)17-14(19)6-10-7-15(20)18-13-8-11(16)4-5-12(10)13/h4-5,7-9H,3,6H2,1-2H3,(H,17,19)(H,18,20). The SMILES string of the molecule is CCC(C)NC(=O)Cc1cc(=O)[nH]c2cc(F)ccc12. The Morgan fingerprint density at radius 3 is 2.85 bits per heavy atom. The molecule has 0 bridgehead atoms. The van der Waals surface area contributed by atoms with E-state index in [2.05, 4.69) is 10.3 Å². The molecule has 2 aromatic rings. The molecule has 1 aromatic heterocycles. The number of aromatic amines is 1. The van der Waals surface area contributed by atoms with Gasteiger partial charge in [-0.05, 0) is 37.1 Å². The number of halogens is 1. The number of rotatable bonds is 4. The molecule has 4 nitrogen and oxygen atoms in total. The molecule has 1 atom stereocenters. The monoisotopic (exact) mass is 276 g/mol. The van der Waals surface area contributed by atoms with Crippen molar-refractivity contribution in [3.63, 3.8) is 0 Å². The third-order valence-electron chi connectivity index (χ3n) is 3.26. The number of hydrogen-bond acceptors (Lipinski definition) is 2. The number of carbonyl (C=O) groups excluding carboxylic acids is 1. The normalized spacial score (nSPS) is 12.3. The molecule has 1 aromatic carbocycles. The van der Waals surface area contributed by atoms with Gasteiger partial charge in [-0.25, -0.2) is 4.39 Å². The lowest BCUT2D eigenvalue weighted by Gasteiger charge is -2.12. The van der Waals surface area contributed by atoms with Crippen molar-refractivity contribution in [2.45, 2.75) is 32.7 Å². The average molecular weight is 276 g/mol. The number of hydrogen-bond donors (Lipinski definition) is 2. The summed E-state index contributed by atoms with van der Waals surface area (Å²) in [4.78, 5) is 26.0. The van der Waals surface area contributed by atoms with Crippen LogP contribution in [0.1, 0.15) is 25.8 Å². The Balaban J connectivity index is 2.34. The zero-order valence-corrected chi connectivity index (χ0v) is 11.5. The van der Waals surface area contributed by atoms with E-state index < -0.39 is 5.82 Å². The van der Waals surface area contributed by atoms with E-state index in [1.807, 2.05) is 13.8 Å². The van der Waals surface area contributed by atoms with E-state index in [0.29, 0.717) is 16.5 Å². The summed E-state index contributed by atoms with van der Waals surface area (Å²) in [6.45, 7) is 3.90. The lowest BCUT2D eigenvalue weighted by Crippen LogP contribution is -2.33. The summed E-state index contributed by atoms with van der Waals surface area (Å²) in [5, 5.41) is 3.53. The summed E-state index contributed by atoms with van der Waals surface area (Å²) >= 11 is 0. The molecular formula is C15H17FN2O2. The first-order valence-electron chi connectivity index (χ1n) is 6.60. The largest absolute Gasteiger partial charge is 0.353 e. The highest BCUT2D eigenvalue weighted by atomic mass is 19.1. The van der Waals surface area contributed by atoms with Gasteiger partial charge in [0.15, 0.2) is 0 Å². The van der Waals surface area contributed by atoms with Crippen LogP contribution in [0.2, 0.25) is 0 Å². The number of benzene rings is 1. The molecule has 1 unspecified atom stereocenters. The summed E-state index contributed by atoms with van der Waals surface area (Å²) in [5.41, 5.74) is 0.669. The van der Waals surface area contributed by atoms with Gasteiger partial charge < -0.3 is 10.3 Å². The fourth-order valence-electron chi connectivity index (χ4n) is 2.05. The van der Waals surface area contributed by atoms with Crippen LogP contribution in [0.5, 0.6) is 0 Å². The maximum Gasteiger partial charge on any atom is 0.248 e. The molecule has 0 aliphatic carbocycles. The van der Waals surface area contributed by atoms with E-state index in [-0.39, 0.29) is 23.9 Å². The van der Waals surface area contributed by atoms with E-state index in [0.717, 1.165) is 6.42 Å². The fourth-order valence-corrected chi connectivity index (χ4v) is 2.05. The minimum atomic E-state index is -0.422. The minimum Gasteiger partial charge on any atom is -0.353 e. The molecule has 2 rings (SSSR count). The van der Waals surface area contributed by atoms with Gasteiger partial charge in [0.1, 0.15) is 5.82 Å². The van der Waals surface area contributed by atoms with Crippen LogP contribution in [-0.2, 0) is 11.2 Å². The van der Waals surface area contributed by atoms with Gasteiger partial charge in [0.25, 0.3) is 0 Å². The molecule has 106 valence electrons. The van der Waals surface area contributed by atoms with Crippen LogP contribution in [0, 0.1) is 5.82 Å². The zero-order chi connectivity index (χ0) is 14.7. The van der Waals surface area contributed by atoms with E-state index in [1.54, 1.807) is 6.07 Å². The maximum absolute atomic E-state index is 13.2. The lowest BCUT2D eigenvalue weighted by molar-refractivity contribution is -0.121. The van der Waals surface area contributed by atoms with Crippen LogP contribution >= 0.6 is 0 Å². The van der Waals surface area contributed by atoms with E-state index >= 15 is 0 Å². The highest BCUT2D eigenvalue weighted by molar-refractivity contribution is 5.88. The average Bonchev–Trinajstić information content (AvgIpc) is 2.37. The van der Waals surface area contributed by atoms with Crippen LogP contribution in [-0.4, -0.2) is 16.9 Å². The van der Waals surface area contributed by atoms with Crippen molar-refractivity contribution in [3.8, 4) is 0 Å². The molecule has 0 saturated heterocycles. The van der Waals surface area contributed by atoms with Gasteiger partial charge in [-0.2, -0.15) is 0 Å². The van der Waals surface area contributed by atoms with E-state index in [9.17, 15) is 14.0 Å². The van der Waals surface area contributed by atoms with E-state index in [1.165, 1.54) is 18.2 Å². The van der Waals surface area contributed by atoms with Crippen molar-refractivity contribution in [2.24, 2.45) is 0 Å². The van der Waals surface area contributed by atoms with Crippen LogP contribution in [0.3, 0.4) is 0 Å². The van der Waals surface area contributed by atoms with E-state index in [4.69, 9.17) is 0 Å². The van der Waals surface area contributed by atoms with Gasteiger partial charge in [0, 0.05) is 17.5 Å². The van der Waals surface area contributed by atoms with Crippen molar-refractivity contribution in [3.05, 3.63) is 46.0 Å². The van der Waals surface area contributed by atoms with Crippen molar-refractivity contribution in [2.75, 3.05) is 0 Å². The smallest absolute Gasteiger partial charge is 0.248 e. The second kappa shape index (κ2) is 5.86. The molecule has 0 radical (unpaired) electrons. The summed E-state index contributed by atoms with van der Waals surface area (Å²) in [6, 6.07) is 5.63. The summed E-state index contributed by atoms with van der Waals surface area (Å²) < 4.78 is 13.2. The number of nitrogens with one attached hydrogen (secondary N) is 2. The first-order valence-corrected chi connectivity index (χ1v) is 6.60. The van der Waals surface area contributed by atoms with Gasteiger partial charge in [-0.15, -0.1) is 0 Å². The predicted molar refractivity (Wildman–Crippen MR) is 76.1 cm³/mol. The minimum absolute atomic E-state index is 0.0909. The molecule has 0 spiro atoms. The van der Waals surface area contributed by atoms with Gasteiger partial charge >= 0.3 is 0 Å². The quantitative estimate of drug-likeness (QED) is 0.898. The molecule has 5 heteroatoms. The van der Waals surface area contributed by atoms with Gasteiger partial charge in [0.05, 0.1) is 11.9 Å². The Labute approximate surface area is 116 Å². The first kappa shape index (κ1) is 14.2. The molecule has 0 aliphatic rings. The van der Waals surface area contributed by atoms with Crippen LogP contribution < -0.4 is 10.9 Å². The Kier molecular flexibility index (Phi) is 4.17. The molecule has 1 heterocycles. The molecule has 1 amide bonds. The number of H-pyrrole nitrogens is 1. The van der Waals surface area contributed by atoms with Gasteiger partial charge in [0.2, 0.25) is 11.5 Å². The third kappa shape index (κ3) is 3.23. The number of pyridine rings is 1. The van der Waals surface area contributed by atoms with Crippen LogP contribution in [0.15, 0.2) is 29.1 Å². The molecule has 0 saturated carbocycles. The van der Waals surface area contributed by atoms with Gasteiger partial charge in [-0.1, -0.05) is 6.92 Å². The van der Waals surface area contributed by atoms with Crippen LogP contribution in [0.4, 0.5) is 4.39 Å². The highest BCUT2D eigenvalue weighted by Crippen LogP contribution is 2.16. The molecular weight excluding hydrogens is 259 g/mol. The number of fused-ring (bicyclic) bond motifs is 1. The zero-order valence-electron chi connectivity index (χ0n) is 11.5. The number of carbonyl (C=O) groups is 1.